The lowest BCUT2D eigenvalue weighted by molar-refractivity contribution is 0.601. The maximum Gasteiger partial charge on any atom is 0.185 e. The number of hydrogen-bond acceptors (Lipinski definition) is 6. The minimum Gasteiger partial charge on any atom is -0.350 e. The normalized spacial score (nSPS) is 11.7. The van der Waals surface area contributed by atoms with Crippen molar-refractivity contribution < 1.29 is 8.42 Å². The van der Waals surface area contributed by atoms with Gasteiger partial charge in [-0.15, -0.1) is 11.3 Å². The van der Waals surface area contributed by atoms with Gasteiger partial charge >= 0.3 is 0 Å². The first-order valence-electron chi connectivity index (χ1n) is 5.96. The van der Waals surface area contributed by atoms with Crippen molar-refractivity contribution in [3.05, 3.63) is 11.1 Å². The number of aromatic nitrogens is 1. The Kier molecular flexibility index (Phi) is 6.04. The lowest BCUT2D eigenvalue weighted by atomic mass is 10.4. The summed E-state index contributed by atoms with van der Waals surface area (Å²) in [5.74, 6) is 0.159. The molecule has 0 radical (unpaired) electrons. The number of sulfone groups is 1. The second-order valence-corrected chi connectivity index (χ2v) is 7.45. The van der Waals surface area contributed by atoms with Crippen LogP contribution in [0, 0.1) is 0 Å². The van der Waals surface area contributed by atoms with E-state index in [-0.39, 0.29) is 5.75 Å². The smallest absolute Gasteiger partial charge is 0.185 e. The zero-order valence-corrected chi connectivity index (χ0v) is 12.8. The van der Waals surface area contributed by atoms with Crippen molar-refractivity contribution in [2.24, 2.45) is 0 Å². The van der Waals surface area contributed by atoms with Crippen LogP contribution >= 0.6 is 11.3 Å². The van der Waals surface area contributed by atoms with Gasteiger partial charge in [-0.1, -0.05) is 6.92 Å². The van der Waals surface area contributed by atoms with E-state index in [1.807, 2.05) is 17.3 Å². The van der Waals surface area contributed by atoms with Gasteiger partial charge in [0.2, 0.25) is 0 Å². The SMILES string of the molecule is CCCNCc1csc(N(C)CCS(C)(=O)=O)n1. The minimum absolute atomic E-state index is 0.159. The average Bonchev–Trinajstić information content (AvgIpc) is 2.74. The van der Waals surface area contributed by atoms with E-state index in [1.54, 1.807) is 11.3 Å². The molecule has 0 aliphatic rings. The Bertz CT molecular complexity index is 457. The summed E-state index contributed by atoms with van der Waals surface area (Å²) in [7, 11) is -1.05. The third-order valence-corrected chi connectivity index (χ3v) is 4.32. The zero-order chi connectivity index (χ0) is 13.6. The van der Waals surface area contributed by atoms with Gasteiger partial charge in [0.05, 0.1) is 11.4 Å². The van der Waals surface area contributed by atoms with Gasteiger partial charge in [0.1, 0.15) is 9.84 Å². The van der Waals surface area contributed by atoms with Crippen LogP contribution in [0.4, 0.5) is 5.13 Å². The van der Waals surface area contributed by atoms with Crippen molar-refractivity contribution in [3.8, 4) is 0 Å². The highest BCUT2D eigenvalue weighted by Crippen LogP contribution is 2.19. The molecule has 7 heteroatoms. The summed E-state index contributed by atoms with van der Waals surface area (Å²) < 4.78 is 22.2. The van der Waals surface area contributed by atoms with Crippen LogP contribution in [0.5, 0.6) is 0 Å². The van der Waals surface area contributed by atoms with E-state index < -0.39 is 9.84 Å². The van der Waals surface area contributed by atoms with Gasteiger partial charge in [0.25, 0.3) is 0 Å². The van der Waals surface area contributed by atoms with Gasteiger partial charge in [0.15, 0.2) is 5.13 Å². The number of nitrogens with zero attached hydrogens (tertiary/aromatic N) is 2. The summed E-state index contributed by atoms with van der Waals surface area (Å²) in [5.41, 5.74) is 1.01. The number of nitrogens with one attached hydrogen (secondary N) is 1. The largest absolute Gasteiger partial charge is 0.350 e. The highest BCUT2D eigenvalue weighted by atomic mass is 32.2. The molecule has 5 nitrogen and oxygen atoms in total. The molecule has 0 aromatic carbocycles. The average molecular weight is 291 g/mol. The Balaban J connectivity index is 2.46. The fourth-order valence-corrected chi connectivity index (χ4v) is 2.77. The van der Waals surface area contributed by atoms with Crippen LogP contribution in [0.1, 0.15) is 19.0 Å². The van der Waals surface area contributed by atoms with Crippen molar-refractivity contribution in [2.75, 3.05) is 37.0 Å². The second kappa shape index (κ2) is 7.06. The molecule has 0 spiro atoms. The van der Waals surface area contributed by atoms with Crippen molar-refractivity contribution in [2.45, 2.75) is 19.9 Å². The Morgan fingerprint density at radius 1 is 1.50 bits per heavy atom. The van der Waals surface area contributed by atoms with Gasteiger partial charge in [-0.05, 0) is 13.0 Å². The Labute approximate surface area is 113 Å². The number of thiazole rings is 1. The quantitative estimate of drug-likeness (QED) is 0.727. The van der Waals surface area contributed by atoms with Crippen molar-refractivity contribution in [1.82, 2.24) is 10.3 Å². The molecular formula is C11H21N3O2S2. The molecule has 104 valence electrons. The molecule has 0 aliphatic heterocycles. The van der Waals surface area contributed by atoms with Crippen LogP contribution in [0.2, 0.25) is 0 Å². The fraction of sp³-hybridized carbons (Fsp3) is 0.727. The van der Waals surface area contributed by atoms with Gasteiger partial charge in [-0.2, -0.15) is 0 Å². The Hall–Kier alpha value is -0.660. The first-order valence-corrected chi connectivity index (χ1v) is 8.90. The summed E-state index contributed by atoms with van der Waals surface area (Å²) in [5, 5.41) is 6.17. The molecule has 0 amide bonds. The molecule has 1 rings (SSSR count). The van der Waals surface area contributed by atoms with E-state index in [2.05, 4.69) is 17.2 Å². The van der Waals surface area contributed by atoms with Crippen LogP contribution in [0.25, 0.3) is 0 Å². The molecule has 0 saturated carbocycles. The molecule has 0 unspecified atom stereocenters. The molecular weight excluding hydrogens is 270 g/mol. The molecule has 0 saturated heterocycles. The molecule has 1 N–H and O–H groups in total. The van der Waals surface area contributed by atoms with Gasteiger partial charge in [0, 0.05) is 31.8 Å². The van der Waals surface area contributed by atoms with E-state index in [4.69, 9.17) is 0 Å². The highest BCUT2D eigenvalue weighted by Gasteiger charge is 2.09. The maximum absolute atomic E-state index is 11.1. The topological polar surface area (TPSA) is 62.3 Å². The molecule has 0 bridgehead atoms. The second-order valence-electron chi connectivity index (χ2n) is 4.35. The zero-order valence-electron chi connectivity index (χ0n) is 11.1. The van der Waals surface area contributed by atoms with Gasteiger partial charge < -0.3 is 10.2 Å². The van der Waals surface area contributed by atoms with Crippen molar-refractivity contribution in [1.29, 1.82) is 0 Å². The summed E-state index contributed by atoms with van der Waals surface area (Å²) in [6, 6.07) is 0. The maximum atomic E-state index is 11.1. The van der Waals surface area contributed by atoms with Crippen LogP contribution in [-0.2, 0) is 16.4 Å². The predicted molar refractivity (Wildman–Crippen MR) is 77.1 cm³/mol. The fourth-order valence-electron chi connectivity index (χ4n) is 1.34. The monoisotopic (exact) mass is 291 g/mol. The van der Waals surface area contributed by atoms with Crippen LogP contribution in [-0.4, -0.2) is 45.5 Å². The van der Waals surface area contributed by atoms with E-state index >= 15 is 0 Å². The lowest BCUT2D eigenvalue weighted by Crippen LogP contribution is -2.24. The first-order chi connectivity index (χ1) is 8.42. The van der Waals surface area contributed by atoms with E-state index in [0.717, 1.165) is 30.3 Å². The Morgan fingerprint density at radius 3 is 2.83 bits per heavy atom. The first kappa shape index (κ1) is 15.4. The number of anilines is 1. The third kappa shape index (κ3) is 5.79. The molecule has 18 heavy (non-hydrogen) atoms. The van der Waals surface area contributed by atoms with E-state index in [9.17, 15) is 8.42 Å². The Morgan fingerprint density at radius 2 is 2.22 bits per heavy atom. The standard InChI is InChI=1S/C11H21N3O2S2/c1-4-5-12-8-10-9-17-11(13-10)14(2)6-7-18(3,15)16/h9,12H,4-8H2,1-3H3. The molecule has 1 heterocycles. The highest BCUT2D eigenvalue weighted by molar-refractivity contribution is 7.90. The number of rotatable bonds is 8. The number of hydrogen-bond donors (Lipinski definition) is 1. The van der Waals surface area contributed by atoms with Crippen LogP contribution in [0.3, 0.4) is 0 Å². The molecule has 0 aliphatic carbocycles. The summed E-state index contributed by atoms with van der Waals surface area (Å²) in [6.07, 6.45) is 2.36. The summed E-state index contributed by atoms with van der Waals surface area (Å²) >= 11 is 1.55. The van der Waals surface area contributed by atoms with Crippen molar-refractivity contribution >= 4 is 26.3 Å². The minimum atomic E-state index is -2.92. The van der Waals surface area contributed by atoms with E-state index in [1.165, 1.54) is 6.26 Å². The third-order valence-electron chi connectivity index (χ3n) is 2.40. The lowest BCUT2D eigenvalue weighted by Gasteiger charge is -2.14. The molecule has 0 atom stereocenters. The van der Waals surface area contributed by atoms with Crippen LogP contribution < -0.4 is 10.2 Å². The molecule has 0 fully saturated rings. The van der Waals surface area contributed by atoms with Crippen LogP contribution in [0.15, 0.2) is 5.38 Å². The van der Waals surface area contributed by atoms with Gasteiger partial charge in [-0.3, -0.25) is 0 Å². The summed E-state index contributed by atoms with van der Waals surface area (Å²) in [4.78, 5) is 6.35. The van der Waals surface area contributed by atoms with E-state index in [0.29, 0.717) is 6.54 Å². The molecule has 1 aromatic heterocycles. The summed E-state index contributed by atoms with van der Waals surface area (Å²) in [6.45, 7) is 4.35. The van der Waals surface area contributed by atoms with Crippen molar-refractivity contribution in [3.63, 3.8) is 0 Å². The predicted octanol–water partition coefficient (Wildman–Crippen LogP) is 1.12. The van der Waals surface area contributed by atoms with Gasteiger partial charge in [-0.25, -0.2) is 13.4 Å². The molecule has 1 aromatic rings.